The lowest BCUT2D eigenvalue weighted by molar-refractivity contribution is 0.391. The van der Waals surface area contributed by atoms with Gasteiger partial charge in [0.15, 0.2) is 16.6 Å². The third-order valence-electron chi connectivity index (χ3n) is 1.93. The lowest BCUT2D eigenvalue weighted by atomic mass is 10.6. The zero-order valence-electron chi connectivity index (χ0n) is 13.8. The first-order chi connectivity index (χ1) is 7.89. The van der Waals surface area contributed by atoms with Gasteiger partial charge in [-0.3, -0.25) is 0 Å². The largest absolute Gasteiger partial charge is 0.437 e. The number of terminal acetylenes is 1. The van der Waals surface area contributed by atoms with Gasteiger partial charge in [-0.05, 0) is 58.8 Å². The molecule has 0 aromatic heterocycles. The summed E-state index contributed by atoms with van der Waals surface area (Å²) in [7, 11) is -4.82. The Morgan fingerprint density at radius 3 is 1.55 bits per heavy atom. The van der Waals surface area contributed by atoms with Crippen molar-refractivity contribution < 1.29 is 9.66 Å². The smallest absolute Gasteiger partial charge is 0.311 e. The normalized spacial score (nSPS) is 11.2. The van der Waals surface area contributed by atoms with Gasteiger partial charge in [-0.2, -0.15) is 0 Å². The first-order valence-corrected chi connectivity index (χ1v) is 16.0. The molecular formula is C15H42O2Si3. The van der Waals surface area contributed by atoms with Crippen molar-refractivity contribution in [2.24, 2.45) is 0 Å². The molecule has 0 fully saturated rings. The highest BCUT2D eigenvalue weighted by molar-refractivity contribution is 6.87. The number of rotatable bonds is 6. The summed E-state index contributed by atoms with van der Waals surface area (Å²) in [6, 6.07) is 1.23. The molecule has 0 aliphatic carbocycles. The highest BCUT2D eigenvalue weighted by Gasteiger charge is 2.37. The van der Waals surface area contributed by atoms with Crippen molar-refractivity contribution in [2.45, 2.75) is 87.0 Å². The van der Waals surface area contributed by atoms with Crippen LogP contribution < -0.4 is 0 Å². The maximum atomic E-state index is 6.33. The number of hydrogen-bond acceptors (Lipinski definition) is 2. The molecule has 0 amide bonds. The van der Waals surface area contributed by atoms with E-state index in [4.69, 9.17) is 8.23 Å². The summed E-state index contributed by atoms with van der Waals surface area (Å²) in [6.07, 6.45) is 5.82. The van der Waals surface area contributed by atoms with E-state index in [1.165, 1.54) is 12.5 Å². The second-order valence-corrected chi connectivity index (χ2v) is 19.2. The van der Waals surface area contributed by atoms with Crippen LogP contribution in [0.1, 0.15) is 36.5 Å². The van der Waals surface area contributed by atoms with E-state index >= 15 is 0 Å². The van der Waals surface area contributed by atoms with Gasteiger partial charge in [0, 0.05) is 1.43 Å². The summed E-state index contributed by atoms with van der Waals surface area (Å²) in [5, 5.41) is 0. The van der Waals surface area contributed by atoms with Gasteiger partial charge >= 0.3 is 8.56 Å². The summed E-state index contributed by atoms with van der Waals surface area (Å²) in [6.45, 7) is 19.6. The van der Waals surface area contributed by atoms with Crippen molar-refractivity contribution in [2.75, 3.05) is 0 Å². The van der Waals surface area contributed by atoms with E-state index in [-0.39, 0.29) is 16.3 Å². The van der Waals surface area contributed by atoms with Gasteiger partial charge in [-0.25, -0.2) is 0 Å². The van der Waals surface area contributed by atoms with Crippen molar-refractivity contribution in [3.8, 4) is 12.3 Å². The van der Waals surface area contributed by atoms with Gasteiger partial charge in [0.2, 0.25) is 0 Å². The van der Waals surface area contributed by atoms with Crippen LogP contribution in [0.3, 0.4) is 0 Å². The molecule has 0 aromatic carbocycles. The summed E-state index contributed by atoms with van der Waals surface area (Å²) in [5.41, 5.74) is 0. The Morgan fingerprint density at radius 2 is 1.30 bits per heavy atom. The predicted molar refractivity (Wildman–Crippen MR) is 106 cm³/mol. The van der Waals surface area contributed by atoms with Crippen LogP contribution in [0.4, 0.5) is 0 Å². The minimum Gasteiger partial charge on any atom is -0.437 e. The summed E-state index contributed by atoms with van der Waals surface area (Å²) < 4.78 is 12.5. The predicted octanol–water partition coefficient (Wildman–Crippen LogP) is 6.33. The highest BCUT2D eigenvalue weighted by Crippen LogP contribution is 2.23. The molecule has 0 rings (SSSR count). The first kappa shape index (κ1) is 28.3. The van der Waals surface area contributed by atoms with Crippen LogP contribution >= 0.6 is 0 Å². The molecule has 0 N–H and O–H groups in total. The van der Waals surface area contributed by atoms with Crippen LogP contribution in [0.25, 0.3) is 0 Å². The fourth-order valence-electron chi connectivity index (χ4n) is 2.08. The molecule has 5 heteroatoms. The molecule has 0 saturated heterocycles. The monoisotopic (exact) mass is 338 g/mol. The molecule has 0 aliphatic heterocycles. The summed E-state index contributed by atoms with van der Waals surface area (Å²) >= 11 is 0. The molecule has 0 atom stereocenters. The highest BCUT2D eigenvalue weighted by atomic mass is 28.5. The molecule has 0 aliphatic rings. The van der Waals surface area contributed by atoms with Crippen molar-refractivity contribution in [1.82, 2.24) is 0 Å². The summed E-state index contributed by atoms with van der Waals surface area (Å²) in [5.74, 6) is 2.25. The van der Waals surface area contributed by atoms with Gasteiger partial charge in [0.05, 0.1) is 0 Å². The average Bonchev–Trinajstić information content (AvgIpc) is 1.95. The zero-order chi connectivity index (χ0) is 15.0. The Kier molecular flexibility index (Phi) is 16.6. The SMILES string of the molecule is C.C.C#CC.CCC[Si](C)(C)O[Si](C)(C)O[Si](C)(C)C.[HH]. The van der Waals surface area contributed by atoms with E-state index in [1.807, 2.05) is 0 Å². The quantitative estimate of drug-likeness (QED) is 0.416. The van der Waals surface area contributed by atoms with Gasteiger partial charge in [0.1, 0.15) is 0 Å². The first-order valence-electron chi connectivity index (χ1n) is 6.67. The van der Waals surface area contributed by atoms with E-state index in [0.29, 0.717) is 0 Å². The maximum absolute atomic E-state index is 6.33. The fraction of sp³-hybridized carbons (Fsp3) is 0.867. The molecule has 20 heavy (non-hydrogen) atoms. The van der Waals surface area contributed by atoms with E-state index < -0.39 is 25.2 Å². The molecule has 0 heterocycles. The Balaban J connectivity index is -0.000000130. The zero-order valence-corrected chi connectivity index (χ0v) is 16.8. The standard InChI is InChI=1S/C10H28O2Si3.C3H4.2CH4.H2/c1-9-10-14(5,6)12-15(7,8)11-13(2,3)4;1-3-2;;;/h9-10H2,1-8H3;1H,2H3;2*1H4;1H. The third-order valence-corrected chi connectivity index (χ3v) is 12.2. The molecule has 0 saturated carbocycles. The number of hydrogen-bond donors (Lipinski definition) is 0. The molecule has 0 bridgehead atoms. The van der Waals surface area contributed by atoms with Crippen molar-refractivity contribution in [3.63, 3.8) is 0 Å². The Bertz CT molecular complexity index is 269. The topological polar surface area (TPSA) is 18.5 Å². The molecule has 0 unspecified atom stereocenters. The Hall–Kier alpha value is 0.131. The minimum absolute atomic E-state index is 0. The second kappa shape index (κ2) is 11.8. The van der Waals surface area contributed by atoms with Crippen molar-refractivity contribution in [1.29, 1.82) is 0 Å². The average molecular weight is 339 g/mol. The van der Waals surface area contributed by atoms with Crippen LogP contribution in [0.15, 0.2) is 0 Å². The van der Waals surface area contributed by atoms with Crippen molar-refractivity contribution in [3.05, 3.63) is 0 Å². The van der Waals surface area contributed by atoms with E-state index in [1.54, 1.807) is 6.92 Å². The fourth-order valence-corrected chi connectivity index (χ4v) is 15.5. The second-order valence-electron chi connectivity index (χ2n) is 6.51. The van der Waals surface area contributed by atoms with Crippen LogP contribution in [-0.4, -0.2) is 25.2 Å². The van der Waals surface area contributed by atoms with Crippen molar-refractivity contribution >= 4 is 25.2 Å². The maximum Gasteiger partial charge on any atom is 0.311 e. The Labute approximate surface area is 134 Å². The molecule has 2 nitrogen and oxygen atoms in total. The van der Waals surface area contributed by atoms with Gasteiger partial charge in [-0.15, -0.1) is 12.3 Å². The molecule has 0 spiro atoms. The third kappa shape index (κ3) is 20.4. The van der Waals surface area contributed by atoms with E-state index in [0.717, 1.165) is 0 Å². The molecular weight excluding hydrogens is 296 g/mol. The van der Waals surface area contributed by atoms with Crippen LogP contribution in [-0.2, 0) is 8.23 Å². The lowest BCUT2D eigenvalue weighted by Crippen LogP contribution is -2.51. The Morgan fingerprint density at radius 1 is 0.950 bits per heavy atom. The molecule has 126 valence electrons. The van der Waals surface area contributed by atoms with Gasteiger partial charge in [0.25, 0.3) is 0 Å². The lowest BCUT2D eigenvalue weighted by Gasteiger charge is -2.37. The van der Waals surface area contributed by atoms with Gasteiger partial charge < -0.3 is 8.23 Å². The van der Waals surface area contributed by atoms with Crippen LogP contribution in [0.5, 0.6) is 0 Å². The van der Waals surface area contributed by atoms with E-state index in [2.05, 4.69) is 65.1 Å². The van der Waals surface area contributed by atoms with Gasteiger partial charge in [-0.1, -0.05) is 28.2 Å². The van der Waals surface area contributed by atoms with E-state index in [9.17, 15) is 0 Å². The molecule has 0 aromatic rings. The van der Waals surface area contributed by atoms with Crippen LogP contribution in [0.2, 0.25) is 51.9 Å². The van der Waals surface area contributed by atoms with Crippen LogP contribution in [0, 0.1) is 12.3 Å². The summed E-state index contributed by atoms with van der Waals surface area (Å²) in [4.78, 5) is 0. The minimum atomic E-state index is -1.89. The molecule has 0 radical (unpaired) electrons.